The molecular weight excluding hydrogens is 298 g/mol. The number of methoxy groups -OCH3 is 1. The molecular formula is C16H13N3O4. The van der Waals surface area contributed by atoms with E-state index in [4.69, 9.17) is 9.47 Å². The number of benzene rings is 1. The second-order valence-electron chi connectivity index (χ2n) is 5.23. The lowest BCUT2D eigenvalue weighted by Crippen LogP contribution is -2.22. The standard InChI is InChI=1S/C16H13N3O4/c1-19-14(20)10-7-9-12(17-13(10)18-16(19)22-2)8-5-3-4-6-11(8)23-15(9)21/h3-7,15,21H,1-2H3. The Bertz CT molecular complexity index is 997. The highest BCUT2D eigenvalue weighted by molar-refractivity contribution is 5.82. The summed E-state index contributed by atoms with van der Waals surface area (Å²) in [5, 5.41) is 10.5. The molecule has 1 aliphatic rings. The second kappa shape index (κ2) is 4.79. The Morgan fingerprint density at radius 1 is 1.30 bits per heavy atom. The third-order valence-electron chi connectivity index (χ3n) is 3.88. The SMILES string of the molecule is COc1nc2nc3c(cc2c(=O)n1C)C(O)Oc1ccccc1-3. The summed E-state index contributed by atoms with van der Waals surface area (Å²) in [6, 6.07) is 9.02. The number of ether oxygens (including phenoxy) is 2. The summed E-state index contributed by atoms with van der Waals surface area (Å²) in [7, 11) is 3.01. The molecule has 1 aromatic carbocycles. The first kappa shape index (κ1) is 13.7. The number of aromatic nitrogens is 3. The van der Waals surface area contributed by atoms with Gasteiger partial charge in [-0.1, -0.05) is 12.1 Å². The fourth-order valence-electron chi connectivity index (χ4n) is 2.73. The smallest absolute Gasteiger partial charge is 0.300 e. The molecule has 7 nitrogen and oxygen atoms in total. The van der Waals surface area contributed by atoms with Crippen LogP contribution in [0.25, 0.3) is 22.3 Å². The Morgan fingerprint density at radius 2 is 2.09 bits per heavy atom. The van der Waals surface area contributed by atoms with Crippen LogP contribution in [0.4, 0.5) is 0 Å². The minimum atomic E-state index is -1.18. The van der Waals surface area contributed by atoms with Crippen LogP contribution < -0.4 is 15.0 Å². The summed E-state index contributed by atoms with van der Waals surface area (Å²) < 4.78 is 11.9. The van der Waals surface area contributed by atoms with Gasteiger partial charge < -0.3 is 14.6 Å². The average molecular weight is 311 g/mol. The molecule has 1 atom stereocenters. The molecule has 7 heteroatoms. The normalized spacial score (nSPS) is 15.7. The summed E-state index contributed by atoms with van der Waals surface area (Å²) in [6.07, 6.45) is -1.18. The van der Waals surface area contributed by atoms with Crippen molar-refractivity contribution in [2.24, 2.45) is 7.05 Å². The van der Waals surface area contributed by atoms with Crippen LogP contribution in [-0.4, -0.2) is 26.8 Å². The third-order valence-corrected chi connectivity index (χ3v) is 3.88. The Balaban J connectivity index is 2.09. The number of nitrogens with zero attached hydrogens (tertiary/aromatic N) is 3. The molecule has 4 rings (SSSR count). The van der Waals surface area contributed by atoms with Crippen LogP contribution in [-0.2, 0) is 7.05 Å². The lowest BCUT2D eigenvalue weighted by atomic mass is 10.0. The van der Waals surface area contributed by atoms with E-state index >= 15 is 0 Å². The van der Waals surface area contributed by atoms with Gasteiger partial charge in [0.05, 0.1) is 18.2 Å². The molecule has 116 valence electrons. The minimum absolute atomic E-state index is 0.177. The Labute approximate surface area is 130 Å². The maximum atomic E-state index is 12.4. The van der Waals surface area contributed by atoms with Gasteiger partial charge >= 0.3 is 6.01 Å². The van der Waals surface area contributed by atoms with E-state index in [0.717, 1.165) is 5.56 Å². The van der Waals surface area contributed by atoms with Gasteiger partial charge in [0.15, 0.2) is 5.65 Å². The van der Waals surface area contributed by atoms with Crippen LogP contribution >= 0.6 is 0 Å². The third kappa shape index (κ3) is 1.90. The number of hydrogen-bond donors (Lipinski definition) is 1. The topological polar surface area (TPSA) is 86.5 Å². The molecule has 0 bridgehead atoms. The molecule has 3 heterocycles. The molecule has 0 amide bonds. The number of aliphatic hydroxyl groups is 1. The van der Waals surface area contributed by atoms with Gasteiger partial charge in [0, 0.05) is 18.2 Å². The van der Waals surface area contributed by atoms with Crippen molar-refractivity contribution >= 4 is 11.0 Å². The summed E-state index contributed by atoms with van der Waals surface area (Å²) in [5.41, 5.74) is 1.71. The zero-order valence-corrected chi connectivity index (χ0v) is 12.5. The second-order valence-corrected chi connectivity index (χ2v) is 5.23. The molecule has 0 aliphatic carbocycles. The molecule has 1 unspecified atom stereocenters. The zero-order chi connectivity index (χ0) is 16.1. The predicted octanol–water partition coefficient (Wildman–Crippen LogP) is 1.39. The van der Waals surface area contributed by atoms with E-state index in [2.05, 4.69) is 9.97 Å². The summed E-state index contributed by atoms with van der Waals surface area (Å²) in [6.45, 7) is 0. The van der Waals surface area contributed by atoms with Gasteiger partial charge in [0.25, 0.3) is 5.56 Å². The lowest BCUT2D eigenvalue weighted by molar-refractivity contribution is -0.0215. The summed E-state index contributed by atoms with van der Waals surface area (Å²) in [5.74, 6) is 0.537. The van der Waals surface area contributed by atoms with Gasteiger partial charge in [-0.25, -0.2) is 4.98 Å². The van der Waals surface area contributed by atoms with Crippen LogP contribution in [0.3, 0.4) is 0 Å². The van der Waals surface area contributed by atoms with Crippen LogP contribution in [0.1, 0.15) is 11.9 Å². The van der Waals surface area contributed by atoms with E-state index < -0.39 is 6.29 Å². The highest BCUT2D eigenvalue weighted by Crippen LogP contribution is 2.40. The maximum absolute atomic E-state index is 12.4. The number of pyridine rings is 1. The predicted molar refractivity (Wildman–Crippen MR) is 82.4 cm³/mol. The van der Waals surface area contributed by atoms with Crippen LogP contribution in [0.5, 0.6) is 11.8 Å². The van der Waals surface area contributed by atoms with Gasteiger partial charge in [-0.2, -0.15) is 4.98 Å². The summed E-state index contributed by atoms with van der Waals surface area (Å²) >= 11 is 0. The van der Waals surface area contributed by atoms with E-state index in [9.17, 15) is 9.90 Å². The minimum Gasteiger partial charge on any atom is -0.468 e. The van der Waals surface area contributed by atoms with Crippen molar-refractivity contribution in [1.29, 1.82) is 0 Å². The van der Waals surface area contributed by atoms with E-state index in [1.54, 1.807) is 19.2 Å². The highest BCUT2D eigenvalue weighted by Gasteiger charge is 2.27. The first-order valence-electron chi connectivity index (χ1n) is 7.00. The molecule has 3 aromatic rings. The van der Waals surface area contributed by atoms with Crippen molar-refractivity contribution in [3.63, 3.8) is 0 Å². The molecule has 0 saturated heterocycles. The number of aliphatic hydroxyl groups excluding tert-OH is 1. The molecule has 0 spiro atoms. The average Bonchev–Trinajstić information content (AvgIpc) is 2.57. The largest absolute Gasteiger partial charge is 0.468 e. The van der Waals surface area contributed by atoms with Gasteiger partial charge in [-0.15, -0.1) is 0 Å². The van der Waals surface area contributed by atoms with Crippen molar-refractivity contribution in [1.82, 2.24) is 14.5 Å². The Kier molecular flexibility index (Phi) is 2.85. The quantitative estimate of drug-likeness (QED) is 0.731. The Morgan fingerprint density at radius 3 is 2.87 bits per heavy atom. The van der Waals surface area contributed by atoms with Crippen molar-refractivity contribution in [3.05, 3.63) is 46.2 Å². The van der Waals surface area contributed by atoms with Crippen molar-refractivity contribution in [2.75, 3.05) is 7.11 Å². The van der Waals surface area contributed by atoms with Gasteiger partial charge in [0.1, 0.15) is 5.75 Å². The van der Waals surface area contributed by atoms with Crippen molar-refractivity contribution in [3.8, 4) is 23.0 Å². The lowest BCUT2D eigenvalue weighted by Gasteiger charge is -2.24. The first-order valence-corrected chi connectivity index (χ1v) is 7.00. The molecule has 23 heavy (non-hydrogen) atoms. The van der Waals surface area contributed by atoms with Crippen LogP contribution in [0.2, 0.25) is 0 Å². The number of rotatable bonds is 1. The molecule has 0 radical (unpaired) electrons. The summed E-state index contributed by atoms with van der Waals surface area (Å²) in [4.78, 5) is 21.2. The van der Waals surface area contributed by atoms with E-state index in [0.29, 0.717) is 22.4 Å². The number of fused-ring (bicyclic) bond motifs is 4. The number of hydrogen-bond acceptors (Lipinski definition) is 6. The van der Waals surface area contributed by atoms with Crippen molar-refractivity contribution in [2.45, 2.75) is 6.29 Å². The van der Waals surface area contributed by atoms with E-state index in [1.165, 1.54) is 11.7 Å². The maximum Gasteiger partial charge on any atom is 0.300 e. The number of para-hydroxylation sites is 1. The molecule has 0 fully saturated rings. The Hall–Kier alpha value is -2.93. The first-order chi connectivity index (χ1) is 11.1. The molecule has 2 aromatic heterocycles. The van der Waals surface area contributed by atoms with Crippen molar-refractivity contribution < 1.29 is 14.6 Å². The molecule has 0 saturated carbocycles. The van der Waals surface area contributed by atoms with E-state index in [-0.39, 0.29) is 17.2 Å². The fraction of sp³-hybridized carbons (Fsp3) is 0.188. The van der Waals surface area contributed by atoms with Gasteiger partial charge in [-0.3, -0.25) is 9.36 Å². The van der Waals surface area contributed by atoms with E-state index in [1.807, 2.05) is 18.2 Å². The highest BCUT2D eigenvalue weighted by atomic mass is 16.6. The van der Waals surface area contributed by atoms with Crippen LogP contribution in [0.15, 0.2) is 35.1 Å². The van der Waals surface area contributed by atoms with Crippen LogP contribution in [0, 0.1) is 0 Å². The van der Waals surface area contributed by atoms with Gasteiger partial charge in [0.2, 0.25) is 6.29 Å². The zero-order valence-electron chi connectivity index (χ0n) is 12.5. The molecule has 1 aliphatic heterocycles. The van der Waals surface area contributed by atoms with Gasteiger partial charge in [-0.05, 0) is 18.2 Å². The molecule has 1 N–H and O–H groups in total. The monoisotopic (exact) mass is 311 g/mol. The fourth-order valence-corrected chi connectivity index (χ4v) is 2.73.